The third-order valence-corrected chi connectivity index (χ3v) is 2.31. The van der Waals surface area contributed by atoms with Crippen molar-refractivity contribution in [1.82, 2.24) is 5.32 Å². The molecule has 2 amide bonds. The van der Waals surface area contributed by atoms with Gasteiger partial charge >= 0.3 is 5.97 Å². The number of benzene rings is 1. The van der Waals surface area contributed by atoms with E-state index in [2.05, 4.69) is 5.32 Å². The molecule has 0 radical (unpaired) electrons. The molecule has 0 aliphatic heterocycles. The van der Waals surface area contributed by atoms with Crippen LogP contribution in [0.5, 0.6) is 5.75 Å². The number of carboxylic acids is 1. The summed E-state index contributed by atoms with van der Waals surface area (Å²) in [5.74, 6) is -1.23. The topological polar surface area (TPSA) is 119 Å². The van der Waals surface area contributed by atoms with Gasteiger partial charge in [0.2, 0.25) is 6.41 Å². The van der Waals surface area contributed by atoms with Crippen molar-refractivity contribution >= 4 is 18.3 Å². The molecule has 4 N–H and O–H groups in total. The lowest BCUT2D eigenvalue weighted by Crippen LogP contribution is -2.37. The number of carboxylic acid groups (broad SMARTS) is 1. The highest BCUT2D eigenvalue weighted by atomic mass is 16.5. The molecule has 0 aromatic heterocycles. The van der Waals surface area contributed by atoms with E-state index in [0.717, 1.165) is 0 Å². The van der Waals surface area contributed by atoms with E-state index in [1.54, 1.807) is 24.3 Å². The first-order valence-corrected chi connectivity index (χ1v) is 5.45. The quantitative estimate of drug-likeness (QED) is 0.537. The first kappa shape index (κ1) is 14.5. The summed E-state index contributed by atoms with van der Waals surface area (Å²) in [7, 11) is 0. The van der Waals surface area contributed by atoms with E-state index in [1.165, 1.54) is 0 Å². The monoisotopic (exact) mass is 266 g/mol. The van der Waals surface area contributed by atoms with Crippen molar-refractivity contribution in [3.63, 3.8) is 0 Å². The maximum Gasteiger partial charge on any atom is 0.326 e. The number of primary amides is 1. The van der Waals surface area contributed by atoms with E-state index in [9.17, 15) is 14.4 Å². The standard InChI is InChI=1S/C12H14N2O5/c13-11(16)6-19-9-3-1-8(2-4-9)5-10(12(17)18)14-7-15/h1-4,7,10H,5-6H2,(H2,13,16)(H,14,15)(H,17,18). The number of carbonyl (C=O) groups is 3. The first-order chi connectivity index (χ1) is 9.02. The number of amides is 2. The van der Waals surface area contributed by atoms with Gasteiger partial charge in [0, 0.05) is 6.42 Å². The van der Waals surface area contributed by atoms with Crippen molar-refractivity contribution in [1.29, 1.82) is 0 Å². The lowest BCUT2D eigenvalue weighted by molar-refractivity contribution is -0.140. The second-order valence-electron chi connectivity index (χ2n) is 3.78. The largest absolute Gasteiger partial charge is 0.484 e. The number of nitrogens with one attached hydrogen (secondary N) is 1. The van der Waals surface area contributed by atoms with E-state index in [0.29, 0.717) is 17.7 Å². The Hall–Kier alpha value is -2.57. The Morgan fingerprint density at radius 2 is 2.00 bits per heavy atom. The normalized spacial score (nSPS) is 11.4. The maximum absolute atomic E-state index is 10.8. The fourth-order valence-corrected chi connectivity index (χ4v) is 1.41. The van der Waals surface area contributed by atoms with Crippen LogP contribution in [0.1, 0.15) is 5.56 Å². The maximum atomic E-state index is 10.8. The Balaban J connectivity index is 2.62. The number of hydrogen-bond donors (Lipinski definition) is 3. The zero-order valence-corrected chi connectivity index (χ0v) is 10.0. The van der Waals surface area contributed by atoms with E-state index in [4.69, 9.17) is 15.6 Å². The Morgan fingerprint density at radius 3 is 2.47 bits per heavy atom. The molecule has 1 rings (SSSR count). The molecule has 1 unspecified atom stereocenters. The van der Waals surface area contributed by atoms with Crippen molar-refractivity contribution in [2.45, 2.75) is 12.5 Å². The summed E-state index contributed by atoms with van der Waals surface area (Å²) in [5.41, 5.74) is 5.65. The molecule has 7 heteroatoms. The zero-order chi connectivity index (χ0) is 14.3. The molecule has 102 valence electrons. The summed E-state index contributed by atoms with van der Waals surface area (Å²) >= 11 is 0. The van der Waals surface area contributed by atoms with Gasteiger partial charge in [0.05, 0.1) is 0 Å². The van der Waals surface area contributed by atoms with Crippen LogP contribution in [0.2, 0.25) is 0 Å². The van der Waals surface area contributed by atoms with Crippen molar-refractivity contribution in [2.24, 2.45) is 5.73 Å². The molecule has 7 nitrogen and oxygen atoms in total. The molecular weight excluding hydrogens is 252 g/mol. The van der Waals surface area contributed by atoms with Crippen molar-refractivity contribution in [3.05, 3.63) is 29.8 Å². The minimum Gasteiger partial charge on any atom is -0.484 e. The summed E-state index contributed by atoms with van der Waals surface area (Å²) in [6.45, 7) is -0.218. The molecule has 0 saturated heterocycles. The Morgan fingerprint density at radius 1 is 1.37 bits per heavy atom. The summed E-state index contributed by atoms with van der Waals surface area (Å²) in [6, 6.07) is 5.52. The van der Waals surface area contributed by atoms with E-state index in [1.807, 2.05) is 0 Å². The third-order valence-electron chi connectivity index (χ3n) is 2.31. The summed E-state index contributed by atoms with van der Waals surface area (Å²) in [6.07, 6.45) is 0.507. The zero-order valence-electron chi connectivity index (χ0n) is 10.0. The number of rotatable bonds is 8. The summed E-state index contributed by atoms with van der Waals surface area (Å²) < 4.78 is 5.06. The average Bonchev–Trinajstić information content (AvgIpc) is 2.37. The third kappa shape index (κ3) is 5.07. The van der Waals surface area contributed by atoms with Crippen LogP contribution in [0.4, 0.5) is 0 Å². The van der Waals surface area contributed by atoms with Crippen LogP contribution >= 0.6 is 0 Å². The molecule has 0 saturated carbocycles. The minimum absolute atomic E-state index is 0.157. The second kappa shape index (κ2) is 7.00. The molecule has 19 heavy (non-hydrogen) atoms. The van der Waals surface area contributed by atoms with Gasteiger partial charge in [-0.25, -0.2) is 4.79 Å². The highest BCUT2D eigenvalue weighted by Crippen LogP contribution is 2.13. The molecule has 0 aliphatic rings. The number of aliphatic carboxylic acids is 1. The Labute approximate surface area is 109 Å². The number of nitrogens with two attached hydrogens (primary N) is 1. The highest BCUT2D eigenvalue weighted by Gasteiger charge is 2.16. The van der Waals surface area contributed by atoms with E-state index < -0.39 is 17.9 Å². The summed E-state index contributed by atoms with van der Waals surface area (Å²) in [4.78, 5) is 31.6. The van der Waals surface area contributed by atoms with Crippen molar-refractivity contribution < 1.29 is 24.2 Å². The lowest BCUT2D eigenvalue weighted by Gasteiger charge is -2.11. The Kier molecular flexibility index (Phi) is 5.34. The van der Waals surface area contributed by atoms with Crippen LogP contribution in [-0.2, 0) is 20.8 Å². The van der Waals surface area contributed by atoms with Crippen LogP contribution < -0.4 is 15.8 Å². The van der Waals surface area contributed by atoms with E-state index >= 15 is 0 Å². The fourth-order valence-electron chi connectivity index (χ4n) is 1.41. The van der Waals surface area contributed by atoms with E-state index in [-0.39, 0.29) is 13.0 Å². The highest BCUT2D eigenvalue weighted by molar-refractivity contribution is 5.76. The van der Waals surface area contributed by atoms with Crippen LogP contribution in [0.25, 0.3) is 0 Å². The molecule has 0 spiro atoms. The smallest absolute Gasteiger partial charge is 0.326 e. The molecule has 0 heterocycles. The van der Waals surface area contributed by atoms with Crippen LogP contribution in [0, 0.1) is 0 Å². The first-order valence-electron chi connectivity index (χ1n) is 5.45. The van der Waals surface area contributed by atoms with Gasteiger partial charge in [-0.05, 0) is 17.7 Å². The van der Waals surface area contributed by atoms with Crippen LogP contribution in [-0.4, -0.2) is 36.0 Å². The number of ether oxygens (including phenoxy) is 1. The molecule has 0 bridgehead atoms. The molecular formula is C12H14N2O5. The molecule has 1 aromatic rings. The van der Waals surface area contributed by atoms with Gasteiger partial charge in [0.1, 0.15) is 11.8 Å². The number of carbonyl (C=O) groups excluding carboxylic acids is 2. The van der Waals surface area contributed by atoms with Crippen LogP contribution in [0.15, 0.2) is 24.3 Å². The fraction of sp³-hybridized carbons (Fsp3) is 0.250. The molecule has 1 atom stereocenters. The van der Waals surface area contributed by atoms with Gasteiger partial charge < -0.3 is 20.9 Å². The molecule has 1 aromatic carbocycles. The van der Waals surface area contributed by atoms with Gasteiger partial charge in [0.15, 0.2) is 6.61 Å². The predicted octanol–water partition coefficient (Wildman–Crippen LogP) is -0.708. The summed E-state index contributed by atoms with van der Waals surface area (Å²) in [5, 5.41) is 11.1. The van der Waals surface area contributed by atoms with Gasteiger partial charge in [-0.2, -0.15) is 0 Å². The number of hydrogen-bond acceptors (Lipinski definition) is 4. The van der Waals surface area contributed by atoms with Gasteiger partial charge in [-0.1, -0.05) is 12.1 Å². The molecule has 0 fully saturated rings. The van der Waals surface area contributed by atoms with Gasteiger partial charge in [-0.15, -0.1) is 0 Å². The predicted molar refractivity (Wildman–Crippen MR) is 65.5 cm³/mol. The lowest BCUT2D eigenvalue weighted by atomic mass is 10.1. The van der Waals surface area contributed by atoms with Crippen molar-refractivity contribution in [3.8, 4) is 5.75 Å². The van der Waals surface area contributed by atoms with Crippen LogP contribution in [0.3, 0.4) is 0 Å². The van der Waals surface area contributed by atoms with Gasteiger partial charge in [0.25, 0.3) is 5.91 Å². The SMILES string of the molecule is NC(=O)COc1ccc(CC(NC=O)C(=O)O)cc1. The van der Waals surface area contributed by atoms with Gasteiger partial charge in [-0.3, -0.25) is 9.59 Å². The average molecular weight is 266 g/mol. The molecule has 0 aliphatic carbocycles. The minimum atomic E-state index is -1.11. The second-order valence-corrected chi connectivity index (χ2v) is 3.78. The van der Waals surface area contributed by atoms with Crippen molar-refractivity contribution in [2.75, 3.05) is 6.61 Å². The Bertz CT molecular complexity index is 458.